The van der Waals surface area contributed by atoms with Gasteiger partial charge in [0.05, 0.1) is 11.9 Å². The molecule has 35 heavy (non-hydrogen) atoms. The number of aryl methyl sites for hydroxylation is 3. The van der Waals surface area contributed by atoms with E-state index < -0.39 is 22.0 Å². The summed E-state index contributed by atoms with van der Waals surface area (Å²) in [6, 6.07) is 12.4. The Labute approximate surface area is 210 Å². The predicted octanol–water partition coefficient (Wildman–Crippen LogP) is 4.10. The van der Waals surface area contributed by atoms with Crippen LogP contribution in [0.2, 0.25) is 0 Å². The van der Waals surface area contributed by atoms with Gasteiger partial charge in [0.15, 0.2) is 0 Å². The highest BCUT2D eigenvalue weighted by Gasteiger charge is 2.32. The van der Waals surface area contributed by atoms with Gasteiger partial charge >= 0.3 is 0 Å². The van der Waals surface area contributed by atoms with Gasteiger partial charge in [0.2, 0.25) is 21.8 Å². The Kier molecular flexibility index (Phi) is 9.89. The third-order valence-corrected chi connectivity index (χ3v) is 7.25. The van der Waals surface area contributed by atoms with Crippen LogP contribution in [0.3, 0.4) is 0 Å². The Morgan fingerprint density at radius 2 is 1.63 bits per heavy atom. The van der Waals surface area contributed by atoms with Crippen molar-refractivity contribution in [1.29, 1.82) is 0 Å². The topological polar surface area (TPSA) is 86.8 Å². The van der Waals surface area contributed by atoms with Crippen molar-refractivity contribution in [3.8, 4) is 0 Å². The van der Waals surface area contributed by atoms with Gasteiger partial charge in [-0.1, -0.05) is 61.4 Å². The van der Waals surface area contributed by atoms with Crippen molar-refractivity contribution >= 4 is 27.5 Å². The Bertz CT molecular complexity index is 1150. The maximum atomic E-state index is 13.7. The molecule has 0 aromatic heterocycles. The van der Waals surface area contributed by atoms with Gasteiger partial charge in [0.1, 0.15) is 12.6 Å². The van der Waals surface area contributed by atoms with Crippen LogP contribution in [0.15, 0.2) is 42.5 Å². The van der Waals surface area contributed by atoms with Gasteiger partial charge in [0, 0.05) is 12.6 Å². The Morgan fingerprint density at radius 1 is 0.971 bits per heavy atom. The van der Waals surface area contributed by atoms with Crippen molar-refractivity contribution in [2.45, 2.75) is 73.0 Å². The molecule has 0 bridgehead atoms. The van der Waals surface area contributed by atoms with E-state index in [1.807, 2.05) is 77.9 Å². The molecule has 192 valence electrons. The van der Waals surface area contributed by atoms with Crippen LogP contribution in [-0.4, -0.2) is 50.0 Å². The van der Waals surface area contributed by atoms with Crippen LogP contribution in [0, 0.1) is 20.8 Å². The van der Waals surface area contributed by atoms with Gasteiger partial charge in [-0.05, 0) is 57.7 Å². The first-order valence-corrected chi connectivity index (χ1v) is 13.9. The number of benzene rings is 2. The minimum absolute atomic E-state index is 0.0322. The third kappa shape index (κ3) is 7.82. The van der Waals surface area contributed by atoms with E-state index in [1.165, 1.54) is 4.90 Å². The van der Waals surface area contributed by atoms with E-state index in [9.17, 15) is 18.0 Å². The average molecular weight is 502 g/mol. The van der Waals surface area contributed by atoms with Crippen LogP contribution in [0.25, 0.3) is 0 Å². The Balaban J connectivity index is 2.47. The summed E-state index contributed by atoms with van der Waals surface area (Å²) < 4.78 is 26.7. The summed E-state index contributed by atoms with van der Waals surface area (Å²) in [5.41, 5.74) is 4.14. The lowest BCUT2D eigenvalue weighted by Gasteiger charge is -2.33. The molecule has 2 aromatic rings. The lowest BCUT2D eigenvalue weighted by molar-refractivity contribution is -0.140. The lowest BCUT2D eigenvalue weighted by Crippen LogP contribution is -2.53. The number of carbonyl (C=O) groups is 2. The van der Waals surface area contributed by atoms with Gasteiger partial charge in [-0.25, -0.2) is 8.42 Å². The zero-order valence-corrected chi connectivity index (χ0v) is 22.8. The average Bonchev–Trinajstić information content (AvgIpc) is 2.76. The zero-order valence-electron chi connectivity index (χ0n) is 22.0. The van der Waals surface area contributed by atoms with Gasteiger partial charge in [-0.2, -0.15) is 0 Å². The van der Waals surface area contributed by atoms with E-state index in [0.717, 1.165) is 39.2 Å². The number of rotatable bonds is 11. The highest BCUT2D eigenvalue weighted by molar-refractivity contribution is 7.92. The van der Waals surface area contributed by atoms with Gasteiger partial charge in [-0.15, -0.1) is 0 Å². The molecule has 0 spiro atoms. The standard InChI is InChI=1S/C27H39N3O4S/c1-8-22(6)28-27(32)24(9-2)29(17-23-12-10-11-19(3)16-23)26(31)18-30(35(7,33)34)25-14-13-20(4)15-21(25)5/h10-16,22,24H,8-9,17-18H2,1-7H3,(H,28,32). The molecule has 2 unspecified atom stereocenters. The predicted molar refractivity (Wildman–Crippen MR) is 142 cm³/mol. The first-order valence-electron chi connectivity index (χ1n) is 12.1. The molecule has 0 saturated heterocycles. The van der Waals surface area contributed by atoms with Gasteiger partial charge < -0.3 is 10.2 Å². The SMILES string of the molecule is CCC(C)NC(=O)C(CC)N(Cc1cccc(C)c1)C(=O)CN(c1ccc(C)cc1C)S(C)(=O)=O. The molecule has 2 aromatic carbocycles. The molecule has 0 saturated carbocycles. The number of nitrogens with one attached hydrogen (secondary N) is 1. The van der Waals surface area contributed by atoms with E-state index >= 15 is 0 Å². The van der Waals surface area contributed by atoms with E-state index in [4.69, 9.17) is 0 Å². The fourth-order valence-electron chi connectivity index (χ4n) is 4.05. The molecule has 0 heterocycles. The van der Waals surface area contributed by atoms with Crippen LogP contribution < -0.4 is 9.62 Å². The summed E-state index contributed by atoms with van der Waals surface area (Å²) in [6.07, 6.45) is 2.27. The second-order valence-electron chi connectivity index (χ2n) is 9.31. The molecule has 1 N–H and O–H groups in total. The van der Waals surface area contributed by atoms with E-state index in [1.54, 1.807) is 6.07 Å². The summed E-state index contributed by atoms with van der Waals surface area (Å²) in [7, 11) is -3.75. The summed E-state index contributed by atoms with van der Waals surface area (Å²) in [5.74, 6) is -0.664. The summed E-state index contributed by atoms with van der Waals surface area (Å²) >= 11 is 0. The van der Waals surface area contributed by atoms with Crippen molar-refractivity contribution in [2.24, 2.45) is 0 Å². The van der Waals surface area contributed by atoms with Crippen LogP contribution >= 0.6 is 0 Å². The van der Waals surface area contributed by atoms with Crippen molar-refractivity contribution in [3.05, 3.63) is 64.7 Å². The molecule has 0 aliphatic heterocycles. The largest absolute Gasteiger partial charge is 0.352 e. The smallest absolute Gasteiger partial charge is 0.244 e. The van der Waals surface area contributed by atoms with E-state index in [0.29, 0.717) is 12.1 Å². The molecule has 2 rings (SSSR count). The number of hydrogen-bond acceptors (Lipinski definition) is 4. The molecular formula is C27H39N3O4S. The van der Waals surface area contributed by atoms with Crippen molar-refractivity contribution < 1.29 is 18.0 Å². The third-order valence-electron chi connectivity index (χ3n) is 6.12. The molecule has 2 amide bonds. The number of anilines is 1. The van der Waals surface area contributed by atoms with Crippen LogP contribution in [-0.2, 0) is 26.2 Å². The lowest BCUT2D eigenvalue weighted by atomic mass is 10.1. The van der Waals surface area contributed by atoms with Crippen molar-refractivity contribution in [3.63, 3.8) is 0 Å². The normalized spacial score (nSPS) is 13.1. The minimum atomic E-state index is -3.75. The molecule has 7 nitrogen and oxygen atoms in total. The van der Waals surface area contributed by atoms with Crippen LogP contribution in [0.1, 0.15) is 55.9 Å². The highest BCUT2D eigenvalue weighted by Crippen LogP contribution is 2.24. The second kappa shape index (κ2) is 12.2. The Hall–Kier alpha value is -2.87. The molecule has 2 atom stereocenters. The summed E-state index contributed by atoms with van der Waals surface area (Å²) in [6.45, 7) is 11.3. The second-order valence-corrected chi connectivity index (χ2v) is 11.2. The molecule has 0 radical (unpaired) electrons. The Morgan fingerprint density at radius 3 is 2.17 bits per heavy atom. The number of carbonyl (C=O) groups excluding carboxylic acids is 2. The number of nitrogens with zero attached hydrogens (tertiary/aromatic N) is 2. The number of amides is 2. The number of hydrogen-bond donors (Lipinski definition) is 1. The number of sulfonamides is 1. The van der Waals surface area contributed by atoms with Crippen molar-refractivity contribution in [1.82, 2.24) is 10.2 Å². The quantitative estimate of drug-likeness (QED) is 0.502. The van der Waals surface area contributed by atoms with Crippen LogP contribution in [0.4, 0.5) is 5.69 Å². The maximum Gasteiger partial charge on any atom is 0.244 e. The fourth-order valence-corrected chi connectivity index (χ4v) is 4.95. The van der Waals surface area contributed by atoms with E-state index in [2.05, 4.69) is 5.32 Å². The molecular weight excluding hydrogens is 462 g/mol. The van der Waals surface area contributed by atoms with Crippen LogP contribution in [0.5, 0.6) is 0 Å². The summed E-state index contributed by atoms with van der Waals surface area (Å²) in [5, 5.41) is 2.98. The fraction of sp³-hybridized carbons (Fsp3) is 0.481. The molecule has 8 heteroatoms. The first kappa shape index (κ1) is 28.4. The molecule has 0 aliphatic carbocycles. The highest BCUT2D eigenvalue weighted by atomic mass is 32.2. The molecule has 0 fully saturated rings. The van der Waals surface area contributed by atoms with Gasteiger partial charge in [0.25, 0.3) is 0 Å². The minimum Gasteiger partial charge on any atom is -0.352 e. The van der Waals surface area contributed by atoms with Crippen molar-refractivity contribution in [2.75, 3.05) is 17.1 Å². The summed E-state index contributed by atoms with van der Waals surface area (Å²) in [4.78, 5) is 28.4. The first-order chi connectivity index (χ1) is 16.4. The monoisotopic (exact) mass is 501 g/mol. The van der Waals surface area contributed by atoms with Gasteiger partial charge in [-0.3, -0.25) is 13.9 Å². The maximum absolute atomic E-state index is 13.7. The van der Waals surface area contributed by atoms with E-state index in [-0.39, 0.29) is 25.0 Å². The zero-order chi connectivity index (χ0) is 26.3. The molecule has 0 aliphatic rings.